The Balaban J connectivity index is 1.91. The second-order valence-corrected chi connectivity index (χ2v) is 5.91. The van der Waals surface area contributed by atoms with Gasteiger partial charge in [-0.1, -0.05) is 13.3 Å². The zero-order valence-corrected chi connectivity index (χ0v) is 11.9. The molecule has 1 spiro atoms. The molecule has 1 heterocycles. The van der Waals surface area contributed by atoms with Crippen LogP contribution < -0.4 is 0 Å². The molecule has 0 aromatic carbocycles. The normalized spacial score (nSPS) is 29.8. The van der Waals surface area contributed by atoms with Crippen molar-refractivity contribution in [3.05, 3.63) is 0 Å². The SMILES string of the molecule is CCCC(OCC)C(O)C1CCOC2(CCC2)C1. The van der Waals surface area contributed by atoms with Gasteiger partial charge in [0, 0.05) is 13.2 Å². The van der Waals surface area contributed by atoms with Gasteiger partial charge in [-0.3, -0.25) is 0 Å². The van der Waals surface area contributed by atoms with Crippen LogP contribution in [0.5, 0.6) is 0 Å². The smallest absolute Gasteiger partial charge is 0.0836 e. The monoisotopic (exact) mass is 256 g/mol. The van der Waals surface area contributed by atoms with Gasteiger partial charge in [0.1, 0.15) is 0 Å². The largest absolute Gasteiger partial charge is 0.390 e. The third-order valence-corrected chi connectivity index (χ3v) is 4.61. The summed E-state index contributed by atoms with van der Waals surface area (Å²) < 4.78 is 11.7. The topological polar surface area (TPSA) is 38.7 Å². The summed E-state index contributed by atoms with van der Waals surface area (Å²) in [5, 5.41) is 10.6. The summed E-state index contributed by atoms with van der Waals surface area (Å²) in [6, 6.07) is 0. The van der Waals surface area contributed by atoms with Crippen LogP contribution in [0.15, 0.2) is 0 Å². The molecule has 3 unspecified atom stereocenters. The lowest BCUT2D eigenvalue weighted by Gasteiger charge is -2.48. The number of ether oxygens (including phenoxy) is 2. The van der Waals surface area contributed by atoms with Crippen molar-refractivity contribution >= 4 is 0 Å². The fraction of sp³-hybridized carbons (Fsp3) is 1.00. The molecule has 3 nitrogen and oxygen atoms in total. The number of aliphatic hydroxyl groups excluding tert-OH is 1. The van der Waals surface area contributed by atoms with Crippen LogP contribution in [0.2, 0.25) is 0 Å². The van der Waals surface area contributed by atoms with E-state index in [2.05, 4.69) is 6.92 Å². The summed E-state index contributed by atoms with van der Waals surface area (Å²) in [6.45, 7) is 5.66. The van der Waals surface area contributed by atoms with Crippen LogP contribution in [0.1, 0.15) is 58.8 Å². The van der Waals surface area contributed by atoms with Gasteiger partial charge in [-0.15, -0.1) is 0 Å². The highest BCUT2D eigenvalue weighted by Crippen LogP contribution is 2.45. The van der Waals surface area contributed by atoms with Crippen molar-refractivity contribution in [3.8, 4) is 0 Å². The molecule has 0 aromatic heterocycles. The molecule has 0 bridgehead atoms. The molecule has 2 aliphatic rings. The lowest BCUT2D eigenvalue weighted by Crippen LogP contribution is -2.50. The average Bonchev–Trinajstić information content (AvgIpc) is 2.36. The van der Waals surface area contributed by atoms with E-state index in [-0.39, 0.29) is 17.8 Å². The highest BCUT2D eigenvalue weighted by atomic mass is 16.5. The van der Waals surface area contributed by atoms with E-state index in [4.69, 9.17) is 9.47 Å². The van der Waals surface area contributed by atoms with Gasteiger partial charge in [-0.05, 0) is 51.4 Å². The van der Waals surface area contributed by atoms with E-state index in [0.717, 1.165) is 32.3 Å². The van der Waals surface area contributed by atoms with Gasteiger partial charge < -0.3 is 14.6 Å². The summed E-state index contributed by atoms with van der Waals surface area (Å²) in [7, 11) is 0. The third-order valence-electron chi connectivity index (χ3n) is 4.61. The lowest BCUT2D eigenvalue weighted by atomic mass is 9.70. The molecule has 1 N–H and O–H groups in total. The van der Waals surface area contributed by atoms with Gasteiger partial charge in [0.2, 0.25) is 0 Å². The minimum atomic E-state index is -0.314. The second kappa shape index (κ2) is 6.36. The number of hydrogen-bond donors (Lipinski definition) is 1. The van der Waals surface area contributed by atoms with E-state index >= 15 is 0 Å². The fourth-order valence-electron chi connectivity index (χ4n) is 3.43. The molecule has 1 saturated carbocycles. The van der Waals surface area contributed by atoms with E-state index in [9.17, 15) is 5.11 Å². The number of hydrogen-bond acceptors (Lipinski definition) is 3. The molecule has 106 valence electrons. The van der Waals surface area contributed by atoms with Gasteiger partial charge >= 0.3 is 0 Å². The Morgan fingerprint density at radius 3 is 2.72 bits per heavy atom. The molecule has 2 rings (SSSR count). The van der Waals surface area contributed by atoms with Crippen LogP contribution in [-0.4, -0.2) is 36.1 Å². The maximum absolute atomic E-state index is 10.6. The Bertz CT molecular complexity index is 244. The minimum Gasteiger partial charge on any atom is -0.390 e. The van der Waals surface area contributed by atoms with Crippen LogP contribution in [0.4, 0.5) is 0 Å². The molecule has 2 fully saturated rings. The van der Waals surface area contributed by atoms with E-state index in [1.165, 1.54) is 19.3 Å². The molecule has 0 radical (unpaired) electrons. The summed E-state index contributed by atoms with van der Waals surface area (Å²) in [5.41, 5.74) is 0.118. The minimum absolute atomic E-state index is 0.0141. The van der Waals surface area contributed by atoms with Crippen LogP contribution in [-0.2, 0) is 9.47 Å². The van der Waals surface area contributed by atoms with Crippen molar-refractivity contribution in [1.29, 1.82) is 0 Å². The maximum Gasteiger partial charge on any atom is 0.0836 e. The van der Waals surface area contributed by atoms with Crippen LogP contribution in [0, 0.1) is 5.92 Å². The summed E-state index contributed by atoms with van der Waals surface area (Å²) in [6.07, 6.45) is 7.39. The standard InChI is InChI=1S/C15H28O3/c1-3-6-13(17-4-2)14(16)12-7-10-18-15(11-12)8-5-9-15/h12-14,16H,3-11H2,1-2H3. The lowest BCUT2D eigenvalue weighted by molar-refractivity contribution is -0.170. The fourth-order valence-corrected chi connectivity index (χ4v) is 3.43. The van der Waals surface area contributed by atoms with Gasteiger partial charge in [0.25, 0.3) is 0 Å². The predicted octanol–water partition coefficient (Wildman–Crippen LogP) is 2.90. The highest BCUT2D eigenvalue weighted by Gasteiger charge is 2.45. The van der Waals surface area contributed by atoms with E-state index in [1.807, 2.05) is 6.92 Å². The molecular formula is C15H28O3. The van der Waals surface area contributed by atoms with Gasteiger partial charge in [-0.25, -0.2) is 0 Å². The van der Waals surface area contributed by atoms with E-state index in [0.29, 0.717) is 12.5 Å². The Labute approximate surface area is 111 Å². The van der Waals surface area contributed by atoms with Gasteiger partial charge in [-0.2, -0.15) is 0 Å². The van der Waals surface area contributed by atoms with Crippen molar-refractivity contribution in [2.75, 3.05) is 13.2 Å². The van der Waals surface area contributed by atoms with Crippen LogP contribution in [0.25, 0.3) is 0 Å². The Hall–Kier alpha value is -0.120. The quantitative estimate of drug-likeness (QED) is 0.794. The third kappa shape index (κ3) is 3.06. The summed E-state index contributed by atoms with van der Waals surface area (Å²) >= 11 is 0. The second-order valence-electron chi connectivity index (χ2n) is 5.91. The van der Waals surface area contributed by atoms with Crippen LogP contribution in [0.3, 0.4) is 0 Å². The predicted molar refractivity (Wildman–Crippen MR) is 71.6 cm³/mol. The summed E-state index contributed by atoms with van der Waals surface area (Å²) in [4.78, 5) is 0. The molecule has 0 aromatic rings. The summed E-state index contributed by atoms with van der Waals surface area (Å²) in [5.74, 6) is 0.363. The van der Waals surface area contributed by atoms with Crippen LogP contribution >= 0.6 is 0 Å². The number of aliphatic hydroxyl groups is 1. The van der Waals surface area contributed by atoms with Gasteiger partial charge in [0.05, 0.1) is 17.8 Å². The molecule has 1 aliphatic heterocycles. The number of rotatable bonds is 6. The van der Waals surface area contributed by atoms with Crippen molar-refractivity contribution < 1.29 is 14.6 Å². The molecule has 3 heteroatoms. The molecule has 18 heavy (non-hydrogen) atoms. The Morgan fingerprint density at radius 1 is 1.39 bits per heavy atom. The highest BCUT2D eigenvalue weighted by molar-refractivity contribution is 4.96. The molecule has 1 saturated heterocycles. The first-order valence-corrected chi connectivity index (χ1v) is 7.64. The Morgan fingerprint density at radius 2 is 2.17 bits per heavy atom. The van der Waals surface area contributed by atoms with Crippen molar-refractivity contribution in [3.63, 3.8) is 0 Å². The molecular weight excluding hydrogens is 228 g/mol. The maximum atomic E-state index is 10.6. The Kier molecular flexibility index (Phi) is 5.05. The molecule has 3 atom stereocenters. The van der Waals surface area contributed by atoms with Gasteiger partial charge in [0.15, 0.2) is 0 Å². The van der Waals surface area contributed by atoms with E-state index < -0.39 is 0 Å². The first-order chi connectivity index (χ1) is 8.71. The van der Waals surface area contributed by atoms with Crippen molar-refractivity contribution in [2.45, 2.75) is 76.6 Å². The van der Waals surface area contributed by atoms with Crippen molar-refractivity contribution in [1.82, 2.24) is 0 Å². The molecule has 0 amide bonds. The van der Waals surface area contributed by atoms with E-state index in [1.54, 1.807) is 0 Å². The average molecular weight is 256 g/mol. The molecule has 1 aliphatic carbocycles. The first-order valence-electron chi connectivity index (χ1n) is 7.64. The zero-order chi connectivity index (χ0) is 13.0. The zero-order valence-electron chi connectivity index (χ0n) is 11.9. The first kappa shape index (κ1) is 14.3. The van der Waals surface area contributed by atoms with Crippen molar-refractivity contribution in [2.24, 2.45) is 5.92 Å².